The van der Waals surface area contributed by atoms with Crippen LogP contribution in [0.2, 0.25) is 0 Å². The van der Waals surface area contributed by atoms with Crippen LogP contribution in [-0.2, 0) is 6.54 Å². The molecule has 1 fully saturated rings. The maximum absolute atomic E-state index is 6.12. The van der Waals surface area contributed by atoms with Gasteiger partial charge >= 0.3 is 0 Å². The lowest BCUT2D eigenvalue weighted by Crippen LogP contribution is -2.15. The van der Waals surface area contributed by atoms with Crippen molar-refractivity contribution in [3.8, 4) is 11.5 Å². The second-order valence-corrected chi connectivity index (χ2v) is 6.16. The van der Waals surface area contributed by atoms with E-state index in [1.165, 1.54) is 18.4 Å². The average Bonchev–Trinajstić information content (AvgIpc) is 2.94. The molecule has 0 aromatic heterocycles. The summed E-state index contributed by atoms with van der Waals surface area (Å²) >= 11 is 3.62. The molecule has 1 N–H and O–H groups in total. The summed E-state index contributed by atoms with van der Waals surface area (Å²) < 4.78 is 12.6. The van der Waals surface area contributed by atoms with Crippen molar-refractivity contribution in [2.75, 3.05) is 13.7 Å². The van der Waals surface area contributed by atoms with Crippen LogP contribution in [0.5, 0.6) is 11.5 Å². The monoisotopic (exact) mass is 341 g/mol. The Balaban J connectivity index is 2.10. The largest absolute Gasteiger partial charge is 0.493 e. The molecule has 112 valence electrons. The highest BCUT2D eigenvalue weighted by atomic mass is 79.9. The van der Waals surface area contributed by atoms with Gasteiger partial charge < -0.3 is 14.8 Å². The molecule has 0 radical (unpaired) electrons. The zero-order valence-electron chi connectivity index (χ0n) is 12.4. The molecule has 3 nitrogen and oxygen atoms in total. The van der Waals surface area contributed by atoms with Crippen molar-refractivity contribution in [3.05, 3.63) is 22.2 Å². The molecule has 0 unspecified atom stereocenters. The van der Waals surface area contributed by atoms with Crippen molar-refractivity contribution < 1.29 is 9.47 Å². The molecule has 0 heterocycles. The summed E-state index contributed by atoms with van der Waals surface area (Å²) in [5, 5.41) is 3.41. The molecular weight excluding hydrogens is 318 g/mol. The highest BCUT2D eigenvalue weighted by Crippen LogP contribution is 2.39. The fourth-order valence-electron chi connectivity index (χ4n) is 2.57. The summed E-state index contributed by atoms with van der Waals surface area (Å²) in [6, 6.07) is 4.19. The Bertz CT molecular complexity index is 431. The van der Waals surface area contributed by atoms with Gasteiger partial charge in [-0.15, -0.1) is 0 Å². The first kappa shape index (κ1) is 15.6. The minimum absolute atomic E-state index is 0.337. The van der Waals surface area contributed by atoms with Gasteiger partial charge in [-0.2, -0.15) is 0 Å². The van der Waals surface area contributed by atoms with Gasteiger partial charge in [0.2, 0.25) is 0 Å². The van der Waals surface area contributed by atoms with Crippen molar-refractivity contribution in [2.45, 2.75) is 51.7 Å². The molecule has 1 aliphatic carbocycles. The van der Waals surface area contributed by atoms with Crippen LogP contribution in [0, 0.1) is 0 Å². The Morgan fingerprint density at radius 3 is 2.70 bits per heavy atom. The van der Waals surface area contributed by atoms with E-state index in [4.69, 9.17) is 9.47 Å². The lowest BCUT2D eigenvalue weighted by atomic mass is 10.2. The SMILES string of the molecule is CCCNCc1cc(Br)c(OC2CCCC2)c(OC)c1. The second kappa shape index (κ2) is 7.89. The van der Waals surface area contributed by atoms with E-state index in [-0.39, 0.29) is 0 Å². The first-order valence-electron chi connectivity index (χ1n) is 7.48. The first-order valence-corrected chi connectivity index (χ1v) is 8.27. The molecule has 0 spiro atoms. The number of hydrogen-bond donors (Lipinski definition) is 1. The van der Waals surface area contributed by atoms with Crippen molar-refractivity contribution in [2.24, 2.45) is 0 Å². The Morgan fingerprint density at radius 2 is 2.05 bits per heavy atom. The highest BCUT2D eigenvalue weighted by Gasteiger charge is 2.20. The fourth-order valence-corrected chi connectivity index (χ4v) is 3.15. The summed E-state index contributed by atoms with van der Waals surface area (Å²) in [5.41, 5.74) is 1.21. The van der Waals surface area contributed by atoms with E-state index in [0.717, 1.165) is 48.3 Å². The molecule has 1 aromatic rings. The fraction of sp³-hybridized carbons (Fsp3) is 0.625. The van der Waals surface area contributed by atoms with Crippen LogP contribution in [0.25, 0.3) is 0 Å². The molecule has 0 atom stereocenters. The van der Waals surface area contributed by atoms with Crippen LogP contribution in [0.4, 0.5) is 0 Å². The van der Waals surface area contributed by atoms with Crippen LogP contribution >= 0.6 is 15.9 Å². The van der Waals surface area contributed by atoms with E-state index in [2.05, 4.69) is 40.3 Å². The van der Waals surface area contributed by atoms with E-state index in [1.54, 1.807) is 7.11 Å². The summed E-state index contributed by atoms with van der Waals surface area (Å²) in [7, 11) is 1.70. The number of nitrogens with one attached hydrogen (secondary N) is 1. The van der Waals surface area contributed by atoms with Crippen LogP contribution < -0.4 is 14.8 Å². The van der Waals surface area contributed by atoms with Crippen LogP contribution in [-0.4, -0.2) is 19.8 Å². The van der Waals surface area contributed by atoms with Gasteiger partial charge in [-0.05, 0) is 72.3 Å². The lowest BCUT2D eigenvalue weighted by molar-refractivity contribution is 0.199. The molecule has 20 heavy (non-hydrogen) atoms. The number of halogens is 1. The summed E-state index contributed by atoms with van der Waals surface area (Å²) in [6.07, 6.45) is 6.31. The zero-order chi connectivity index (χ0) is 14.4. The summed E-state index contributed by atoms with van der Waals surface area (Å²) in [4.78, 5) is 0. The van der Waals surface area contributed by atoms with Crippen LogP contribution in [0.15, 0.2) is 16.6 Å². The van der Waals surface area contributed by atoms with Gasteiger partial charge in [-0.3, -0.25) is 0 Å². The Labute approximate surface area is 130 Å². The van der Waals surface area contributed by atoms with E-state index in [1.807, 2.05) is 0 Å². The van der Waals surface area contributed by atoms with E-state index < -0.39 is 0 Å². The molecule has 2 rings (SSSR count). The highest BCUT2D eigenvalue weighted by molar-refractivity contribution is 9.10. The molecule has 1 aliphatic rings. The lowest BCUT2D eigenvalue weighted by Gasteiger charge is -2.18. The van der Waals surface area contributed by atoms with Crippen LogP contribution in [0.1, 0.15) is 44.6 Å². The van der Waals surface area contributed by atoms with Gasteiger partial charge in [0.15, 0.2) is 11.5 Å². The second-order valence-electron chi connectivity index (χ2n) is 5.31. The predicted molar refractivity (Wildman–Crippen MR) is 85.6 cm³/mol. The third-order valence-corrected chi connectivity index (χ3v) is 4.22. The number of ether oxygens (including phenoxy) is 2. The Hall–Kier alpha value is -0.740. The zero-order valence-corrected chi connectivity index (χ0v) is 14.0. The van der Waals surface area contributed by atoms with Crippen molar-refractivity contribution in [1.29, 1.82) is 0 Å². The summed E-state index contributed by atoms with van der Waals surface area (Å²) in [6.45, 7) is 4.05. The van der Waals surface area contributed by atoms with Crippen molar-refractivity contribution in [1.82, 2.24) is 5.32 Å². The van der Waals surface area contributed by atoms with Crippen molar-refractivity contribution >= 4 is 15.9 Å². The predicted octanol–water partition coefficient (Wildman–Crippen LogP) is 4.28. The smallest absolute Gasteiger partial charge is 0.175 e. The summed E-state index contributed by atoms with van der Waals surface area (Å²) in [5.74, 6) is 1.67. The van der Waals surface area contributed by atoms with E-state index in [9.17, 15) is 0 Å². The minimum atomic E-state index is 0.337. The van der Waals surface area contributed by atoms with Gasteiger partial charge in [-0.25, -0.2) is 0 Å². The Morgan fingerprint density at radius 1 is 1.30 bits per heavy atom. The standard InChI is InChI=1S/C16H24BrNO2/c1-3-8-18-11-12-9-14(17)16(15(10-12)19-2)20-13-6-4-5-7-13/h9-10,13,18H,3-8,11H2,1-2H3. The number of benzene rings is 1. The molecule has 1 aromatic carbocycles. The topological polar surface area (TPSA) is 30.5 Å². The molecule has 1 saturated carbocycles. The molecule has 0 amide bonds. The minimum Gasteiger partial charge on any atom is -0.493 e. The Kier molecular flexibility index (Phi) is 6.17. The van der Waals surface area contributed by atoms with Crippen LogP contribution in [0.3, 0.4) is 0 Å². The van der Waals surface area contributed by atoms with E-state index >= 15 is 0 Å². The molecule has 4 heteroatoms. The quantitative estimate of drug-likeness (QED) is 0.751. The van der Waals surface area contributed by atoms with Gasteiger partial charge in [0.25, 0.3) is 0 Å². The molecule has 0 aliphatic heterocycles. The maximum Gasteiger partial charge on any atom is 0.175 e. The van der Waals surface area contributed by atoms with Gasteiger partial charge in [0, 0.05) is 6.54 Å². The number of hydrogen-bond acceptors (Lipinski definition) is 3. The van der Waals surface area contributed by atoms with E-state index in [0.29, 0.717) is 6.10 Å². The number of rotatable bonds is 7. The first-order chi connectivity index (χ1) is 9.74. The third kappa shape index (κ3) is 4.13. The van der Waals surface area contributed by atoms with Gasteiger partial charge in [-0.1, -0.05) is 6.92 Å². The van der Waals surface area contributed by atoms with Gasteiger partial charge in [0.05, 0.1) is 17.7 Å². The third-order valence-electron chi connectivity index (χ3n) is 3.63. The average molecular weight is 342 g/mol. The number of methoxy groups -OCH3 is 1. The molecule has 0 saturated heterocycles. The normalized spacial score (nSPS) is 15.6. The van der Waals surface area contributed by atoms with Crippen molar-refractivity contribution in [3.63, 3.8) is 0 Å². The maximum atomic E-state index is 6.12. The molecule has 0 bridgehead atoms. The van der Waals surface area contributed by atoms with Gasteiger partial charge in [0.1, 0.15) is 0 Å². The molecular formula is C16H24BrNO2.